The molecule has 1 aliphatic rings. The lowest BCUT2D eigenvalue weighted by atomic mass is 10.0. The fraction of sp³-hybridized carbons (Fsp3) is 0.179. The summed E-state index contributed by atoms with van der Waals surface area (Å²) in [6.07, 6.45) is 0.353. The van der Waals surface area contributed by atoms with Crippen molar-refractivity contribution in [2.45, 2.75) is 24.8 Å². The molecule has 1 unspecified atom stereocenters. The number of cyclic esters (lactones) is 1. The average Bonchev–Trinajstić information content (AvgIpc) is 2.97. The molecule has 0 saturated heterocycles. The molecule has 3 aromatic rings. The van der Waals surface area contributed by atoms with Crippen molar-refractivity contribution >= 4 is 27.8 Å². The quantitative estimate of drug-likeness (QED) is 0.265. The molecule has 9 nitrogen and oxygen atoms in total. The zero-order chi connectivity index (χ0) is 28.1. The highest BCUT2D eigenvalue weighted by Gasteiger charge is 2.22. The van der Waals surface area contributed by atoms with E-state index in [2.05, 4.69) is 8.92 Å². The molecule has 0 spiro atoms. The highest BCUT2D eigenvalue weighted by Crippen LogP contribution is 2.19. The van der Waals surface area contributed by atoms with Gasteiger partial charge in [0.15, 0.2) is 5.78 Å². The van der Waals surface area contributed by atoms with Gasteiger partial charge in [0, 0.05) is 5.56 Å². The van der Waals surface area contributed by atoms with Crippen LogP contribution in [0.3, 0.4) is 0 Å². The van der Waals surface area contributed by atoms with Crippen LogP contribution < -0.4 is 0 Å². The first-order valence-corrected chi connectivity index (χ1v) is 12.8. The Balaban J connectivity index is 0.000000219. The lowest BCUT2D eigenvalue weighted by molar-refractivity contribution is -0.138. The number of aliphatic hydroxyl groups excluding tert-OH is 1. The van der Waals surface area contributed by atoms with E-state index < -0.39 is 22.2 Å². The molecule has 0 aromatic heterocycles. The SMILES string of the molecule is CC1=COC1=O.CCOC(=O)c1ccccc1S(=O)(=O)OC.O=C(c1ccccc1)C(O)c1ccccc1. The van der Waals surface area contributed by atoms with Crippen LogP contribution >= 0.6 is 0 Å². The third kappa shape index (κ3) is 8.48. The summed E-state index contributed by atoms with van der Waals surface area (Å²) < 4.78 is 36.3. The molecule has 0 aliphatic carbocycles. The Morgan fingerprint density at radius 3 is 1.92 bits per heavy atom. The van der Waals surface area contributed by atoms with Gasteiger partial charge in [0.2, 0.25) is 0 Å². The molecule has 38 heavy (non-hydrogen) atoms. The van der Waals surface area contributed by atoms with Crippen LogP contribution in [0.4, 0.5) is 0 Å². The van der Waals surface area contributed by atoms with Crippen molar-refractivity contribution in [2.24, 2.45) is 0 Å². The van der Waals surface area contributed by atoms with Crippen molar-refractivity contribution < 1.29 is 41.6 Å². The van der Waals surface area contributed by atoms with E-state index in [1.165, 1.54) is 24.5 Å². The minimum Gasteiger partial charge on any atom is -0.462 e. The molecule has 1 atom stereocenters. The lowest BCUT2D eigenvalue weighted by Crippen LogP contribution is -2.12. The minimum atomic E-state index is -3.89. The molecular formula is C28H28O9S. The van der Waals surface area contributed by atoms with Crippen LogP contribution in [-0.4, -0.2) is 45.0 Å². The van der Waals surface area contributed by atoms with Gasteiger partial charge in [-0.3, -0.25) is 8.98 Å². The largest absolute Gasteiger partial charge is 0.462 e. The number of rotatable bonds is 7. The van der Waals surface area contributed by atoms with Crippen molar-refractivity contribution in [2.75, 3.05) is 13.7 Å². The van der Waals surface area contributed by atoms with Crippen LogP contribution in [0.5, 0.6) is 0 Å². The lowest BCUT2D eigenvalue weighted by Gasteiger charge is -2.09. The van der Waals surface area contributed by atoms with Gasteiger partial charge < -0.3 is 14.6 Å². The Labute approximate surface area is 221 Å². The molecule has 0 saturated carbocycles. The molecule has 0 bridgehead atoms. The van der Waals surface area contributed by atoms with Crippen molar-refractivity contribution in [1.29, 1.82) is 0 Å². The van der Waals surface area contributed by atoms with Gasteiger partial charge in [0.1, 0.15) is 17.3 Å². The predicted octanol–water partition coefficient (Wildman–Crippen LogP) is 4.25. The molecule has 3 aromatic carbocycles. The zero-order valence-electron chi connectivity index (χ0n) is 21.1. The summed E-state index contributed by atoms with van der Waals surface area (Å²) in [4.78, 5) is 33.1. The van der Waals surface area contributed by atoms with E-state index in [-0.39, 0.29) is 28.8 Å². The van der Waals surface area contributed by atoms with Gasteiger partial charge in [-0.25, -0.2) is 9.59 Å². The summed E-state index contributed by atoms with van der Waals surface area (Å²) in [5, 5.41) is 9.89. The fourth-order valence-electron chi connectivity index (χ4n) is 2.92. The van der Waals surface area contributed by atoms with E-state index in [9.17, 15) is 27.9 Å². The van der Waals surface area contributed by atoms with Crippen molar-refractivity contribution in [3.8, 4) is 0 Å². The molecule has 4 rings (SSSR count). The van der Waals surface area contributed by atoms with Crippen LogP contribution in [0.1, 0.15) is 46.2 Å². The molecule has 0 radical (unpaired) electrons. The van der Waals surface area contributed by atoms with E-state index in [0.717, 1.165) is 7.11 Å². The average molecular weight is 541 g/mol. The number of hydrogen-bond donors (Lipinski definition) is 1. The normalized spacial score (nSPS) is 12.6. The monoisotopic (exact) mass is 540 g/mol. The van der Waals surface area contributed by atoms with Crippen LogP contribution in [0.15, 0.2) is 102 Å². The van der Waals surface area contributed by atoms with Crippen molar-refractivity contribution in [3.05, 3.63) is 113 Å². The highest BCUT2D eigenvalue weighted by molar-refractivity contribution is 7.86. The maximum Gasteiger partial charge on any atom is 0.341 e. The minimum absolute atomic E-state index is 0.0220. The van der Waals surface area contributed by atoms with Gasteiger partial charge in [-0.05, 0) is 31.5 Å². The Hall–Kier alpha value is -4.12. The van der Waals surface area contributed by atoms with E-state index in [1.54, 1.807) is 68.4 Å². The third-order valence-electron chi connectivity index (χ3n) is 4.96. The molecule has 1 N–H and O–H groups in total. The van der Waals surface area contributed by atoms with E-state index in [4.69, 9.17) is 4.74 Å². The maximum atomic E-state index is 11.9. The highest BCUT2D eigenvalue weighted by atomic mass is 32.2. The number of hydrogen-bond acceptors (Lipinski definition) is 9. The number of benzene rings is 3. The summed E-state index contributed by atoms with van der Waals surface area (Å²) in [7, 11) is -2.85. The van der Waals surface area contributed by atoms with Gasteiger partial charge >= 0.3 is 11.9 Å². The first-order chi connectivity index (χ1) is 18.1. The predicted molar refractivity (Wildman–Crippen MR) is 139 cm³/mol. The number of ether oxygens (including phenoxy) is 2. The molecule has 200 valence electrons. The summed E-state index contributed by atoms with van der Waals surface area (Å²) in [6, 6.07) is 23.5. The first kappa shape index (κ1) is 30.1. The molecule has 10 heteroatoms. The van der Waals surface area contributed by atoms with Gasteiger partial charge in [0.05, 0.1) is 24.9 Å². The van der Waals surface area contributed by atoms with E-state index in [0.29, 0.717) is 16.7 Å². The Bertz CT molecular complexity index is 1370. The summed E-state index contributed by atoms with van der Waals surface area (Å²) in [5.74, 6) is -1.15. The fourth-order valence-corrected chi connectivity index (χ4v) is 3.77. The molecular weight excluding hydrogens is 512 g/mol. The van der Waals surface area contributed by atoms with Gasteiger partial charge in [0.25, 0.3) is 10.1 Å². The Kier molecular flexibility index (Phi) is 11.5. The number of ketones is 1. The number of esters is 2. The topological polar surface area (TPSA) is 133 Å². The molecule has 0 fully saturated rings. The summed E-state index contributed by atoms with van der Waals surface area (Å²) in [6.45, 7) is 3.54. The second kappa shape index (κ2) is 14.6. The Morgan fingerprint density at radius 2 is 1.45 bits per heavy atom. The summed E-state index contributed by atoms with van der Waals surface area (Å²) in [5.41, 5.74) is 1.83. The van der Waals surface area contributed by atoms with Crippen LogP contribution in [-0.2, 0) is 28.6 Å². The Morgan fingerprint density at radius 1 is 0.921 bits per heavy atom. The number of Topliss-reactive ketones (excluding diaryl/α,β-unsaturated/α-hetero) is 1. The number of carbonyl (C=O) groups is 3. The third-order valence-corrected chi connectivity index (χ3v) is 6.29. The number of aliphatic hydroxyl groups is 1. The molecule has 1 heterocycles. The van der Waals surface area contributed by atoms with Gasteiger partial charge in [-0.1, -0.05) is 72.8 Å². The first-order valence-electron chi connectivity index (χ1n) is 11.4. The molecule has 1 aliphatic heterocycles. The van der Waals surface area contributed by atoms with Crippen molar-refractivity contribution in [3.63, 3.8) is 0 Å². The number of carbonyl (C=O) groups excluding carboxylic acids is 3. The van der Waals surface area contributed by atoms with E-state index in [1.807, 2.05) is 12.1 Å². The second-order valence-corrected chi connectivity index (χ2v) is 9.27. The van der Waals surface area contributed by atoms with Crippen LogP contribution in [0.25, 0.3) is 0 Å². The van der Waals surface area contributed by atoms with Crippen molar-refractivity contribution in [1.82, 2.24) is 0 Å². The van der Waals surface area contributed by atoms with Crippen LogP contribution in [0.2, 0.25) is 0 Å². The van der Waals surface area contributed by atoms with Gasteiger partial charge in [-0.15, -0.1) is 0 Å². The van der Waals surface area contributed by atoms with Crippen LogP contribution in [0, 0.1) is 0 Å². The second-order valence-electron chi connectivity index (χ2n) is 7.59. The summed E-state index contributed by atoms with van der Waals surface area (Å²) >= 11 is 0. The van der Waals surface area contributed by atoms with E-state index >= 15 is 0 Å². The standard InChI is InChI=1S/C14H12O2.C10H12O5S.C4H4O2/c15-13(11-7-3-1-4-8-11)14(16)12-9-5-2-6-10-12;1-3-15-10(11)8-6-4-5-7-9(8)16(12,13)14-2;1-3-2-6-4(3)5/h1-10,13,15H;4-7H,3H2,1-2H3;2H,1H3. The molecule has 0 amide bonds. The van der Waals surface area contributed by atoms with Gasteiger partial charge in [-0.2, -0.15) is 8.42 Å². The smallest absolute Gasteiger partial charge is 0.341 e. The zero-order valence-corrected chi connectivity index (χ0v) is 21.9. The maximum absolute atomic E-state index is 11.9.